The van der Waals surface area contributed by atoms with Crippen LogP contribution in [0.4, 0.5) is 4.39 Å². The molecule has 0 aromatic heterocycles. The first kappa shape index (κ1) is 16.2. The Labute approximate surface area is 136 Å². The molecule has 0 amide bonds. The van der Waals surface area contributed by atoms with Crippen molar-refractivity contribution in [3.63, 3.8) is 0 Å². The number of rotatable bonds is 5. The zero-order valence-electron chi connectivity index (χ0n) is 12.1. The van der Waals surface area contributed by atoms with Crippen molar-refractivity contribution in [2.24, 2.45) is 0 Å². The van der Waals surface area contributed by atoms with Crippen LogP contribution in [0.25, 0.3) is 6.08 Å². The zero-order valence-corrected chi connectivity index (χ0v) is 13.7. The van der Waals surface area contributed by atoms with Crippen LogP contribution in [0.1, 0.15) is 15.9 Å². The van der Waals surface area contributed by atoms with E-state index in [1.54, 1.807) is 30.3 Å². The van der Waals surface area contributed by atoms with E-state index in [0.29, 0.717) is 27.1 Å². The number of ketones is 1. The molecule has 3 nitrogen and oxygen atoms in total. The number of halogens is 2. The van der Waals surface area contributed by atoms with Gasteiger partial charge < -0.3 is 9.47 Å². The molecule has 0 fully saturated rings. The van der Waals surface area contributed by atoms with Gasteiger partial charge in [-0.05, 0) is 42.5 Å². The second kappa shape index (κ2) is 7.22. The van der Waals surface area contributed by atoms with Crippen LogP contribution in [0.15, 0.2) is 46.9 Å². The van der Waals surface area contributed by atoms with Crippen LogP contribution in [-0.2, 0) is 0 Å². The fourth-order valence-corrected chi connectivity index (χ4v) is 2.22. The lowest BCUT2D eigenvalue weighted by Gasteiger charge is -2.08. The molecule has 0 radical (unpaired) electrons. The molecule has 0 spiro atoms. The third kappa shape index (κ3) is 3.74. The van der Waals surface area contributed by atoms with Gasteiger partial charge in [-0.15, -0.1) is 0 Å². The standard InChI is InChI=1S/C17H14BrFO3/c1-21-16-8-5-12(9-17(16)22-2)15(20)7-4-11-3-6-13(18)10-14(11)19/h3-10H,1-2H3/b7-4+. The predicted octanol–water partition coefficient (Wildman–Crippen LogP) is 4.50. The van der Waals surface area contributed by atoms with Crippen LogP contribution in [0.2, 0.25) is 0 Å². The summed E-state index contributed by atoms with van der Waals surface area (Å²) in [5, 5.41) is 0. The molecule has 0 unspecified atom stereocenters. The topological polar surface area (TPSA) is 35.5 Å². The summed E-state index contributed by atoms with van der Waals surface area (Å²) in [4.78, 5) is 12.1. The average molecular weight is 365 g/mol. The first-order chi connectivity index (χ1) is 10.5. The maximum Gasteiger partial charge on any atom is 0.185 e. The second-order valence-corrected chi connectivity index (χ2v) is 5.35. The van der Waals surface area contributed by atoms with Gasteiger partial charge in [-0.2, -0.15) is 0 Å². The van der Waals surface area contributed by atoms with Gasteiger partial charge in [0.15, 0.2) is 17.3 Å². The van der Waals surface area contributed by atoms with Gasteiger partial charge in [0.05, 0.1) is 14.2 Å². The average Bonchev–Trinajstić information content (AvgIpc) is 2.53. The van der Waals surface area contributed by atoms with Crippen molar-refractivity contribution in [1.29, 1.82) is 0 Å². The minimum Gasteiger partial charge on any atom is -0.493 e. The molecule has 0 bridgehead atoms. The van der Waals surface area contributed by atoms with E-state index in [4.69, 9.17) is 9.47 Å². The lowest BCUT2D eigenvalue weighted by Crippen LogP contribution is -1.97. The Hall–Kier alpha value is -2.14. The summed E-state index contributed by atoms with van der Waals surface area (Å²) in [5.41, 5.74) is 0.781. The molecule has 0 saturated carbocycles. The van der Waals surface area contributed by atoms with Crippen LogP contribution in [0, 0.1) is 5.82 Å². The van der Waals surface area contributed by atoms with Crippen LogP contribution in [0.5, 0.6) is 11.5 Å². The van der Waals surface area contributed by atoms with Gasteiger partial charge in [0, 0.05) is 15.6 Å². The third-order valence-electron chi connectivity index (χ3n) is 3.04. The van der Waals surface area contributed by atoms with Crippen LogP contribution < -0.4 is 9.47 Å². The second-order valence-electron chi connectivity index (χ2n) is 4.43. The van der Waals surface area contributed by atoms with Crippen molar-refractivity contribution in [2.45, 2.75) is 0 Å². The number of hydrogen-bond donors (Lipinski definition) is 0. The summed E-state index contributed by atoms with van der Waals surface area (Å²) in [6.07, 6.45) is 2.77. The zero-order chi connectivity index (χ0) is 16.1. The van der Waals surface area contributed by atoms with Crippen molar-refractivity contribution in [1.82, 2.24) is 0 Å². The van der Waals surface area contributed by atoms with Crippen molar-refractivity contribution in [2.75, 3.05) is 14.2 Å². The number of ether oxygens (including phenoxy) is 2. The molecule has 0 aliphatic heterocycles. The fraction of sp³-hybridized carbons (Fsp3) is 0.118. The van der Waals surface area contributed by atoms with Gasteiger partial charge in [0.2, 0.25) is 0 Å². The van der Waals surface area contributed by atoms with Gasteiger partial charge in [-0.3, -0.25) is 4.79 Å². The molecule has 0 N–H and O–H groups in total. The highest BCUT2D eigenvalue weighted by atomic mass is 79.9. The van der Waals surface area contributed by atoms with Gasteiger partial charge in [0.25, 0.3) is 0 Å². The first-order valence-electron chi connectivity index (χ1n) is 6.44. The predicted molar refractivity (Wildman–Crippen MR) is 87.0 cm³/mol. The lowest BCUT2D eigenvalue weighted by molar-refractivity contribution is 0.104. The smallest absolute Gasteiger partial charge is 0.185 e. The van der Waals surface area contributed by atoms with E-state index in [1.807, 2.05) is 0 Å². The first-order valence-corrected chi connectivity index (χ1v) is 7.24. The summed E-state index contributed by atoms with van der Waals surface area (Å²) in [5.74, 6) is 0.368. The van der Waals surface area contributed by atoms with E-state index in [0.717, 1.165) is 0 Å². The summed E-state index contributed by atoms with van der Waals surface area (Å²) in [6.45, 7) is 0. The third-order valence-corrected chi connectivity index (χ3v) is 3.54. The molecular formula is C17H14BrFO3. The Morgan fingerprint density at radius 1 is 1.09 bits per heavy atom. The van der Waals surface area contributed by atoms with Gasteiger partial charge in [0.1, 0.15) is 5.82 Å². The number of hydrogen-bond acceptors (Lipinski definition) is 3. The Bertz CT molecular complexity index is 726. The minimum atomic E-state index is -0.397. The van der Waals surface area contributed by atoms with Gasteiger partial charge >= 0.3 is 0 Å². The van der Waals surface area contributed by atoms with Gasteiger partial charge in [-0.25, -0.2) is 4.39 Å². The van der Waals surface area contributed by atoms with Crippen molar-refractivity contribution in [3.05, 3.63) is 63.9 Å². The minimum absolute atomic E-state index is 0.247. The Morgan fingerprint density at radius 3 is 2.45 bits per heavy atom. The summed E-state index contributed by atoms with van der Waals surface area (Å²) in [7, 11) is 3.02. The van der Waals surface area contributed by atoms with Crippen molar-refractivity contribution < 1.29 is 18.7 Å². The molecule has 5 heteroatoms. The highest BCUT2D eigenvalue weighted by Crippen LogP contribution is 2.28. The highest BCUT2D eigenvalue weighted by Gasteiger charge is 2.09. The van der Waals surface area contributed by atoms with E-state index in [-0.39, 0.29) is 5.78 Å². The van der Waals surface area contributed by atoms with Crippen LogP contribution >= 0.6 is 15.9 Å². The Morgan fingerprint density at radius 2 is 1.82 bits per heavy atom. The number of carbonyl (C=O) groups excluding carboxylic acids is 1. The van der Waals surface area contributed by atoms with Crippen molar-refractivity contribution in [3.8, 4) is 11.5 Å². The van der Waals surface area contributed by atoms with E-state index in [1.165, 1.54) is 32.4 Å². The number of benzene rings is 2. The highest BCUT2D eigenvalue weighted by molar-refractivity contribution is 9.10. The quantitative estimate of drug-likeness (QED) is 0.578. The van der Waals surface area contributed by atoms with E-state index in [2.05, 4.69) is 15.9 Å². The summed E-state index contributed by atoms with van der Waals surface area (Å²) < 4.78 is 24.6. The van der Waals surface area contributed by atoms with E-state index < -0.39 is 5.82 Å². The van der Waals surface area contributed by atoms with Crippen molar-refractivity contribution >= 4 is 27.8 Å². The fourth-order valence-electron chi connectivity index (χ4n) is 1.89. The van der Waals surface area contributed by atoms with Crippen LogP contribution in [0.3, 0.4) is 0 Å². The molecule has 114 valence electrons. The Kier molecular flexibility index (Phi) is 5.33. The molecule has 0 atom stereocenters. The van der Waals surface area contributed by atoms with E-state index >= 15 is 0 Å². The molecule has 0 aliphatic rings. The number of carbonyl (C=O) groups is 1. The van der Waals surface area contributed by atoms with E-state index in [9.17, 15) is 9.18 Å². The summed E-state index contributed by atoms with van der Waals surface area (Å²) in [6, 6.07) is 9.53. The molecule has 2 aromatic carbocycles. The molecule has 0 heterocycles. The van der Waals surface area contributed by atoms with Crippen LogP contribution in [-0.4, -0.2) is 20.0 Å². The SMILES string of the molecule is COc1ccc(C(=O)/C=C/c2ccc(Br)cc2F)cc1OC. The Balaban J connectivity index is 2.23. The normalized spacial score (nSPS) is 10.7. The molecule has 2 rings (SSSR count). The molecule has 22 heavy (non-hydrogen) atoms. The summed E-state index contributed by atoms with van der Waals surface area (Å²) >= 11 is 3.19. The maximum atomic E-state index is 13.7. The number of allylic oxidation sites excluding steroid dienone is 1. The maximum absolute atomic E-state index is 13.7. The molecule has 0 aliphatic carbocycles. The van der Waals surface area contributed by atoms with Gasteiger partial charge in [-0.1, -0.05) is 22.0 Å². The molecule has 2 aromatic rings. The largest absolute Gasteiger partial charge is 0.493 e. The molecule has 0 saturated heterocycles. The number of methoxy groups -OCH3 is 2. The lowest BCUT2D eigenvalue weighted by atomic mass is 10.1. The molecular weight excluding hydrogens is 351 g/mol. The monoisotopic (exact) mass is 364 g/mol.